The zero-order chi connectivity index (χ0) is 11.8. The molecule has 4 nitrogen and oxygen atoms in total. The van der Waals surface area contributed by atoms with Crippen LogP contribution in [0.4, 0.5) is 4.79 Å². The Kier molecular flexibility index (Phi) is 2.86. The predicted octanol–water partition coefficient (Wildman–Crippen LogP) is 0.581. The van der Waals surface area contributed by atoms with Gasteiger partial charge in [0.1, 0.15) is 5.60 Å². The van der Waals surface area contributed by atoms with Crippen molar-refractivity contribution in [3.05, 3.63) is 0 Å². The summed E-state index contributed by atoms with van der Waals surface area (Å²) < 4.78 is 5.35. The summed E-state index contributed by atoms with van der Waals surface area (Å²) in [6.07, 6.45) is 2.40. The summed E-state index contributed by atoms with van der Waals surface area (Å²) in [5.74, 6) is 0. The lowest BCUT2D eigenvalue weighted by atomic mass is 9.74. The molecule has 2 aliphatic rings. The standard InChI is InChI=1S/C12H22N2O2/c1-11(2,3)16-10(15)14-8-12(9-14)5-4-6-13-7-12/h13H,4-9H2,1-3H3/p+1. The van der Waals surface area contributed by atoms with E-state index >= 15 is 0 Å². The van der Waals surface area contributed by atoms with Crippen LogP contribution in [0.5, 0.6) is 0 Å². The first kappa shape index (κ1) is 11.7. The zero-order valence-corrected chi connectivity index (χ0v) is 10.6. The largest absolute Gasteiger partial charge is 0.444 e. The molecule has 0 bridgehead atoms. The highest BCUT2D eigenvalue weighted by Gasteiger charge is 2.48. The van der Waals surface area contributed by atoms with Crippen LogP contribution in [0, 0.1) is 5.41 Å². The van der Waals surface area contributed by atoms with Gasteiger partial charge in [0.15, 0.2) is 0 Å². The van der Waals surface area contributed by atoms with Gasteiger partial charge in [-0.15, -0.1) is 0 Å². The van der Waals surface area contributed by atoms with Gasteiger partial charge in [0.05, 0.1) is 18.5 Å². The number of carbonyl (C=O) groups excluding carboxylic acids is 1. The van der Waals surface area contributed by atoms with E-state index < -0.39 is 0 Å². The van der Waals surface area contributed by atoms with Gasteiger partial charge in [0.25, 0.3) is 0 Å². The molecule has 2 heterocycles. The minimum Gasteiger partial charge on any atom is -0.444 e. The number of likely N-dealkylation sites (tertiary alicyclic amines) is 1. The van der Waals surface area contributed by atoms with Crippen molar-refractivity contribution in [2.24, 2.45) is 5.41 Å². The molecule has 0 aromatic heterocycles. The van der Waals surface area contributed by atoms with Crippen molar-refractivity contribution in [3.63, 3.8) is 0 Å². The van der Waals surface area contributed by atoms with Crippen LogP contribution >= 0.6 is 0 Å². The maximum absolute atomic E-state index is 11.8. The van der Waals surface area contributed by atoms with Crippen molar-refractivity contribution in [3.8, 4) is 0 Å². The summed E-state index contributed by atoms with van der Waals surface area (Å²) in [6.45, 7) is 9.93. The third kappa shape index (κ3) is 2.48. The molecule has 0 atom stereocenters. The highest BCUT2D eigenvalue weighted by Crippen LogP contribution is 2.35. The molecule has 0 unspecified atom stereocenters. The molecule has 1 amide bonds. The summed E-state index contributed by atoms with van der Waals surface area (Å²) in [5, 5.41) is 2.37. The van der Waals surface area contributed by atoms with E-state index in [4.69, 9.17) is 4.74 Å². The van der Waals surface area contributed by atoms with Gasteiger partial charge >= 0.3 is 6.09 Å². The van der Waals surface area contributed by atoms with E-state index in [9.17, 15) is 4.79 Å². The molecule has 2 saturated heterocycles. The Balaban J connectivity index is 1.81. The Morgan fingerprint density at radius 3 is 2.56 bits per heavy atom. The van der Waals surface area contributed by atoms with Crippen molar-refractivity contribution >= 4 is 6.09 Å². The molecular formula is C12H23N2O2+. The molecule has 2 rings (SSSR count). The number of rotatable bonds is 0. The van der Waals surface area contributed by atoms with Gasteiger partial charge in [-0.05, 0) is 33.6 Å². The molecule has 92 valence electrons. The number of nitrogens with zero attached hydrogens (tertiary/aromatic N) is 1. The molecule has 2 N–H and O–H groups in total. The quantitative estimate of drug-likeness (QED) is 0.658. The molecule has 4 heteroatoms. The smallest absolute Gasteiger partial charge is 0.410 e. The number of carbonyl (C=O) groups is 1. The minimum absolute atomic E-state index is 0.149. The fourth-order valence-corrected chi connectivity index (χ4v) is 2.64. The van der Waals surface area contributed by atoms with Gasteiger partial charge < -0.3 is 15.0 Å². The van der Waals surface area contributed by atoms with Crippen LogP contribution in [0.15, 0.2) is 0 Å². The topological polar surface area (TPSA) is 46.1 Å². The summed E-state index contributed by atoms with van der Waals surface area (Å²) >= 11 is 0. The second kappa shape index (κ2) is 3.91. The number of nitrogens with two attached hydrogens (primary N) is 1. The second-order valence-corrected chi connectivity index (χ2v) is 6.22. The van der Waals surface area contributed by atoms with Crippen LogP contribution < -0.4 is 5.32 Å². The molecule has 0 aromatic rings. The van der Waals surface area contributed by atoms with Crippen LogP contribution in [0.2, 0.25) is 0 Å². The lowest BCUT2D eigenvalue weighted by molar-refractivity contribution is -0.679. The van der Waals surface area contributed by atoms with Gasteiger partial charge in [-0.1, -0.05) is 0 Å². The molecule has 0 aliphatic carbocycles. The van der Waals surface area contributed by atoms with E-state index in [2.05, 4.69) is 5.32 Å². The van der Waals surface area contributed by atoms with Crippen LogP contribution in [-0.2, 0) is 4.74 Å². The maximum Gasteiger partial charge on any atom is 0.410 e. The Labute approximate surface area is 97.3 Å². The lowest BCUT2D eigenvalue weighted by Crippen LogP contribution is -2.91. The predicted molar refractivity (Wildman–Crippen MR) is 61.1 cm³/mol. The third-order valence-electron chi connectivity index (χ3n) is 3.40. The van der Waals surface area contributed by atoms with Gasteiger partial charge in [-0.2, -0.15) is 0 Å². The van der Waals surface area contributed by atoms with Crippen LogP contribution in [-0.4, -0.2) is 42.8 Å². The van der Waals surface area contributed by atoms with E-state index in [0.717, 1.165) is 13.1 Å². The normalized spacial score (nSPS) is 24.1. The number of hydrogen-bond donors (Lipinski definition) is 1. The fourth-order valence-electron chi connectivity index (χ4n) is 2.64. The number of piperidine rings is 1. The van der Waals surface area contributed by atoms with Crippen molar-refractivity contribution in [2.75, 3.05) is 26.2 Å². The molecule has 0 aromatic carbocycles. The summed E-state index contributed by atoms with van der Waals surface area (Å²) in [4.78, 5) is 13.6. The first-order chi connectivity index (χ1) is 7.40. The Morgan fingerprint density at radius 1 is 1.38 bits per heavy atom. The van der Waals surface area contributed by atoms with Crippen LogP contribution in [0.1, 0.15) is 33.6 Å². The first-order valence-corrected chi connectivity index (χ1v) is 6.20. The van der Waals surface area contributed by atoms with E-state index in [1.54, 1.807) is 0 Å². The van der Waals surface area contributed by atoms with Gasteiger partial charge in [-0.3, -0.25) is 0 Å². The zero-order valence-electron chi connectivity index (χ0n) is 10.6. The fraction of sp³-hybridized carbons (Fsp3) is 0.917. The number of quaternary nitrogens is 1. The molecule has 1 spiro atoms. The SMILES string of the molecule is CC(C)(C)OC(=O)N1CC2(CCC[NH2+]C2)C1. The average Bonchev–Trinajstić information content (AvgIpc) is 2.12. The Morgan fingerprint density at radius 2 is 2.06 bits per heavy atom. The molecule has 2 aliphatic heterocycles. The number of amides is 1. The van der Waals surface area contributed by atoms with Crippen molar-refractivity contribution in [1.29, 1.82) is 0 Å². The second-order valence-electron chi connectivity index (χ2n) is 6.22. The van der Waals surface area contributed by atoms with Crippen molar-refractivity contribution in [1.82, 2.24) is 4.90 Å². The summed E-state index contributed by atoms with van der Waals surface area (Å²) in [6, 6.07) is 0. The van der Waals surface area contributed by atoms with E-state index in [-0.39, 0.29) is 11.7 Å². The van der Waals surface area contributed by atoms with E-state index in [1.807, 2.05) is 25.7 Å². The monoisotopic (exact) mass is 227 g/mol. The minimum atomic E-state index is -0.376. The Hall–Kier alpha value is -0.770. The molecular weight excluding hydrogens is 204 g/mol. The van der Waals surface area contributed by atoms with E-state index in [0.29, 0.717) is 5.41 Å². The highest BCUT2D eigenvalue weighted by molar-refractivity contribution is 5.69. The average molecular weight is 227 g/mol. The summed E-state index contributed by atoms with van der Waals surface area (Å²) in [7, 11) is 0. The van der Waals surface area contributed by atoms with Crippen LogP contribution in [0.3, 0.4) is 0 Å². The molecule has 0 radical (unpaired) electrons. The van der Waals surface area contributed by atoms with Gasteiger partial charge in [0.2, 0.25) is 0 Å². The van der Waals surface area contributed by atoms with E-state index in [1.165, 1.54) is 25.9 Å². The highest BCUT2D eigenvalue weighted by atomic mass is 16.6. The van der Waals surface area contributed by atoms with Crippen molar-refractivity contribution < 1.29 is 14.8 Å². The summed E-state index contributed by atoms with van der Waals surface area (Å²) in [5.41, 5.74) is 0.0215. The van der Waals surface area contributed by atoms with Crippen LogP contribution in [0.25, 0.3) is 0 Å². The molecule has 16 heavy (non-hydrogen) atoms. The molecule has 0 saturated carbocycles. The lowest BCUT2D eigenvalue weighted by Gasteiger charge is -2.50. The Bertz CT molecular complexity index is 269. The third-order valence-corrected chi connectivity index (χ3v) is 3.40. The number of hydrogen-bond acceptors (Lipinski definition) is 2. The van der Waals surface area contributed by atoms with Crippen molar-refractivity contribution in [2.45, 2.75) is 39.2 Å². The number of ether oxygens (including phenoxy) is 1. The molecule has 2 fully saturated rings. The maximum atomic E-state index is 11.8. The first-order valence-electron chi connectivity index (χ1n) is 6.20. The van der Waals surface area contributed by atoms with Gasteiger partial charge in [0, 0.05) is 13.1 Å². The van der Waals surface area contributed by atoms with Gasteiger partial charge in [-0.25, -0.2) is 4.79 Å².